The molecule has 0 bridgehead atoms. The van der Waals surface area contributed by atoms with Crippen molar-refractivity contribution in [2.24, 2.45) is 0 Å². The zero-order valence-electron chi connectivity index (χ0n) is 8.81. The smallest absolute Gasteiger partial charge is 0.325 e. The van der Waals surface area contributed by atoms with E-state index in [0.717, 1.165) is 11.3 Å². The Kier molecular flexibility index (Phi) is 3.78. The quantitative estimate of drug-likeness (QED) is 0.775. The summed E-state index contributed by atoms with van der Waals surface area (Å²) in [6.07, 6.45) is 0. The second kappa shape index (κ2) is 4.89. The fraction of sp³-hybridized carbons (Fsp3) is 0.300. The van der Waals surface area contributed by atoms with Crippen molar-refractivity contribution in [3.63, 3.8) is 0 Å². The predicted molar refractivity (Wildman–Crippen MR) is 58.9 cm³/mol. The molecule has 6 heteroatoms. The topological polar surface area (TPSA) is 83.5 Å². The van der Waals surface area contributed by atoms with Crippen molar-refractivity contribution < 1.29 is 19.5 Å². The lowest BCUT2D eigenvalue weighted by Gasteiger charge is -2.07. The Labute approximate surface area is 96.1 Å². The van der Waals surface area contributed by atoms with Crippen LogP contribution in [0.2, 0.25) is 0 Å². The van der Waals surface area contributed by atoms with Gasteiger partial charge in [0, 0.05) is 10.9 Å². The molecule has 16 heavy (non-hydrogen) atoms. The van der Waals surface area contributed by atoms with Gasteiger partial charge in [-0.25, -0.2) is 0 Å². The number of Topliss-reactive ketones (excluding diaryl/α,β-unsaturated/α-hetero) is 1. The number of hydrogen-bond acceptors (Lipinski definition) is 4. The second-order valence-electron chi connectivity index (χ2n) is 3.29. The number of carboxylic acid groups (broad SMARTS) is 1. The van der Waals surface area contributed by atoms with Gasteiger partial charge in [-0.05, 0) is 19.9 Å². The fourth-order valence-corrected chi connectivity index (χ4v) is 1.82. The van der Waals surface area contributed by atoms with Crippen molar-refractivity contribution in [3.05, 3.63) is 21.9 Å². The van der Waals surface area contributed by atoms with E-state index < -0.39 is 17.9 Å². The highest BCUT2D eigenvalue weighted by atomic mass is 32.1. The average molecular weight is 241 g/mol. The number of aliphatic carboxylic acids is 1. The Morgan fingerprint density at radius 1 is 1.44 bits per heavy atom. The summed E-state index contributed by atoms with van der Waals surface area (Å²) in [4.78, 5) is 33.4. The molecule has 0 aliphatic heterocycles. The maximum atomic E-state index is 11.5. The van der Waals surface area contributed by atoms with Gasteiger partial charge in [0.2, 0.25) is 0 Å². The Hall–Kier alpha value is -1.69. The Balaban J connectivity index is 2.73. The van der Waals surface area contributed by atoms with E-state index in [-0.39, 0.29) is 5.78 Å². The van der Waals surface area contributed by atoms with Gasteiger partial charge in [0.1, 0.15) is 6.04 Å². The van der Waals surface area contributed by atoms with E-state index in [1.54, 1.807) is 5.38 Å². The van der Waals surface area contributed by atoms with Crippen LogP contribution in [0.15, 0.2) is 11.4 Å². The Bertz CT molecular complexity index is 438. The van der Waals surface area contributed by atoms with Crippen molar-refractivity contribution in [2.45, 2.75) is 19.9 Å². The molecule has 1 rings (SSSR count). The minimum Gasteiger partial charge on any atom is -0.480 e. The zero-order chi connectivity index (χ0) is 12.3. The van der Waals surface area contributed by atoms with Gasteiger partial charge >= 0.3 is 5.97 Å². The molecule has 1 aromatic rings. The number of carbonyl (C=O) groups is 3. The third kappa shape index (κ3) is 2.90. The number of carboxylic acids is 1. The van der Waals surface area contributed by atoms with Crippen molar-refractivity contribution in [1.82, 2.24) is 5.32 Å². The second-order valence-corrected chi connectivity index (χ2v) is 4.20. The van der Waals surface area contributed by atoms with Crippen LogP contribution < -0.4 is 5.32 Å². The van der Waals surface area contributed by atoms with E-state index in [2.05, 4.69) is 5.32 Å². The number of amides is 1. The molecule has 1 heterocycles. The van der Waals surface area contributed by atoms with Gasteiger partial charge < -0.3 is 10.4 Å². The first-order valence-corrected chi connectivity index (χ1v) is 5.43. The molecule has 2 N–H and O–H groups in total. The highest BCUT2D eigenvalue weighted by Gasteiger charge is 2.17. The molecule has 0 fully saturated rings. The van der Waals surface area contributed by atoms with Crippen molar-refractivity contribution in [2.75, 3.05) is 0 Å². The van der Waals surface area contributed by atoms with E-state index in [4.69, 9.17) is 5.11 Å². The minimum absolute atomic E-state index is 0.124. The number of nitrogens with one attached hydrogen (secondary N) is 1. The van der Waals surface area contributed by atoms with Gasteiger partial charge in [-0.15, -0.1) is 11.3 Å². The first-order chi connectivity index (χ1) is 7.41. The summed E-state index contributed by atoms with van der Waals surface area (Å²) in [6.45, 7) is 2.78. The molecule has 86 valence electrons. The van der Waals surface area contributed by atoms with Crippen LogP contribution in [-0.2, 0) is 4.79 Å². The zero-order valence-corrected chi connectivity index (χ0v) is 9.63. The van der Waals surface area contributed by atoms with Gasteiger partial charge in [-0.2, -0.15) is 0 Å². The van der Waals surface area contributed by atoms with Crippen molar-refractivity contribution in [3.8, 4) is 0 Å². The lowest BCUT2D eigenvalue weighted by molar-refractivity contribution is -0.138. The van der Waals surface area contributed by atoms with Gasteiger partial charge in [0.25, 0.3) is 5.91 Å². The first kappa shape index (κ1) is 12.4. The maximum Gasteiger partial charge on any atom is 0.325 e. The lowest BCUT2D eigenvalue weighted by atomic mass is 10.2. The number of carbonyl (C=O) groups excluding carboxylic acids is 2. The summed E-state index contributed by atoms with van der Waals surface area (Å²) in [5.74, 6) is -1.70. The molecule has 5 nitrogen and oxygen atoms in total. The molecular weight excluding hydrogens is 230 g/mol. The van der Waals surface area contributed by atoms with Gasteiger partial charge in [-0.1, -0.05) is 0 Å². The Morgan fingerprint density at radius 3 is 2.50 bits per heavy atom. The van der Waals surface area contributed by atoms with Crippen LogP contribution in [0, 0.1) is 0 Å². The summed E-state index contributed by atoms with van der Waals surface area (Å²) >= 11 is 1.11. The molecule has 0 aromatic carbocycles. The third-order valence-corrected chi connectivity index (χ3v) is 2.88. The highest BCUT2D eigenvalue weighted by Crippen LogP contribution is 2.15. The Morgan fingerprint density at radius 2 is 2.06 bits per heavy atom. The van der Waals surface area contributed by atoms with E-state index in [1.807, 2.05) is 0 Å². The van der Waals surface area contributed by atoms with Crippen LogP contribution in [0.1, 0.15) is 33.9 Å². The number of rotatable bonds is 4. The van der Waals surface area contributed by atoms with Crippen LogP contribution in [0.5, 0.6) is 0 Å². The molecule has 1 amide bonds. The normalized spacial score (nSPS) is 11.9. The van der Waals surface area contributed by atoms with Gasteiger partial charge in [-0.3, -0.25) is 14.4 Å². The van der Waals surface area contributed by atoms with Crippen LogP contribution in [0.25, 0.3) is 0 Å². The third-order valence-electron chi connectivity index (χ3n) is 1.95. The standard InChI is InChI=1S/C10H11NO4S/c1-5(10(14)15)11-9(13)8-3-7(4-16-8)6(2)12/h3-5H,1-2H3,(H,11,13)(H,14,15)/t5-/m1/s1. The van der Waals surface area contributed by atoms with E-state index in [1.165, 1.54) is 19.9 Å². The molecule has 1 aromatic heterocycles. The molecule has 0 saturated heterocycles. The van der Waals surface area contributed by atoms with E-state index >= 15 is 0 Å². The molecule has 0 radical (unpaired) electrons. The molecule has 0 spiro atoms. The molecular formula is C10H11NO4S. The lowest BCUT2D eigenvalue weighted by Crippen LogP contribution is -2.37. The van der Waals surface area contributed by atoms with E-state index in [0.29, 0.717) is 10.4 Å². The predicted octanol–water partition coefficient (Wildman–Crippen LogP) is 1.15. The fourth-order valence-electron chi connectivity index (χ4n) is 0.969. The highest BCUT2D eigenvalue weighted by molar-refractivity contribution is 7.12. The first-order valence-electron chi connectivity index (χ1n) is 4.55. The number of thiophene rings is 1. The van der Waals surface area contributed by atoms with Crippen LogP contribution in [0.3, 0.4) is 0 Å². The number of hydrogen-bond donors (Lipinski definition) is 2. The molecule has 0 unspecified atom stereocenters. The molecule has 0 aliphatic carbocycles. The summed E-state index contributed by atoms with van der Waals surface area (Å²) in [7, 11) is 0. The molecule has 0 saturated carbocycles. The average Bonchev–Trinajstić information content (AvgIpc) is 2.65. The summed E-state index contributed by atoms with van der Waals surface area (Å²) in [5, 5.41) is 12.5. The maximum absolute atomic E-state index is 11.5. The largest absolute Gasteiger partial charge is 0.480 e. The van der Waals surface area contributed by atoms with Gasteiger partial charge in [0.15, 0.2) is 5.78 Å². The summed E-state index contributed by atoms with van der Waals surface area (Å²) in [6, 6.07) is 0.507. The SMILES string of the molecule is CC(=O)c1csc(C(=O)N[C@H](C)C(=O)O)c1. The molecule has 0 aliphatic rings. The summed E-state index contributed by atoms with van der Waals surface area (Å²) in [5.41, 5.74) is 0.457. The van der Waals surface area contributed by atoms with Gasteiger partial charge in [0.05, 0.1) is 4.88 Å². The van der Waals surface area contributed by atoms with Crippen LogP contribution in [-0.4, -0.2) is 28.8 Å². The number of ketones is 1. The monoisotopic (exact) mass is 241 g/mol. The van der Waals surface area contributed by atoms with Crippen LogP contribution >= 0.6 is 11.3 Å². The summed E-state index contributed by atoms with van der Waals surface area (Å²) < 4.78 is 0. The van der Waals surface area contributed by atoms with Crippen molar-refractivity contribution >= 4 is 29.0 Å². The molecule has 1 atom stereocenters. The minimum atomic E-state index is -1.10. The van der Waals surface area contributed by atoms with E-state index in [9.17, 15) is 14.4 Å². The van der Waals surface area contributed by atoms with Crippen molar-refractivity contribution in [1.29, 1.82) is 0 Å². The van der Waals surface area contributed by atoms with Crippen LogP contribution in [0.4, 0.5) is 0 Å².